The number of carbonyl (C=O) groups is 1. The summed E-state index contributed by atoms with van der Waals surface area (Å²) >= 11 is 1.60. The van der Waals surface area contributed by atoms with Crippen molar-refractivity contribution in [1.82, 2.24) is 10.3 Å². The molecule has 0 saturated carbocycles. The Kier molecular flexibility index (Phi) is 5.74. The van der Waals surface area contributed by atoms with Crippen LogP contribution < -0.4 is 5.43 Å². The second-order valence-corrected chi connectivity index (χ2v) is 6.70. The molecule has 0 bridgehead atoms. The first-order chi connectivity index (χ1) is 11.7. The van der Waals surface area contributed by atoms with Crippen LogP contribution in [0.15, 0.2) is 40.8 Å². The maximum absolute atomic E-state index is 12.1. The molecular formula is C18H21N3O2S. The van der Waals surface area contributed by atoms with Gasteiger partial charge in [0.25, 0.3) is 5.91 Å². The van der Waals surface area contributed by atoms with Gasteiger partial charge < -0.3 is 4.74 Å². The summed E-state index contributed by atoms with van der Waals surface area (Å²) in [5.74, 6) is -0.196. The van der Waals surface area contributed by atoms with Crippen molar-refractivity contribution in [1.29, 1.82) is 0 Å². The van der Waals surface area contributed by atoms with Crippen molar-refractivity contribution < 1.29 is 9.53 Å². The molecule has 0 spiro atoms. The predicted molar refractivity (Wildman–Crippen MR) is 96.7 cm³/mol. The lowest BCUT2D eigenvalue weighted by Gasteiger charge is -2.26. The lowest BCUT2D eigenvalue weighted by Crippen LogP contribution is -2.35. The largest absolute Gasteiger partial charge is 0.379 e. The summed E-state index contributed by atoms with van der Waals surface area (Å²) < 4.78 is 5.35. The minimum absolute atomic E-state index is 0.196. The van der Waals surface area contributed by atoms with E-state index in [1.54, 1.807) is 17.6 Å². The predicted octanol–water partition coefficient (Wildman–Crippen LogP) is 2.65. The van der Waals surface area contributed by atoms with E-state index < -0.39 is 0 Å². The lowest BCUT2D eigenvalue weighted by molar-refractivity contribution is 0.0342. The molecule has 24 heavy (non-hydrogen) atoms. The summed E-state index contributed by atoms with van der Waals surface area (Å²) in [4.78, 5) is 15.5. The normalized spacial score (nSPS) is 15.7. The van der Waals surface area contributed by atoms with Crippen LogP contribution in [0.2, 0.25) is 0 Å². The SMILES string of the molecule is Cc1ccsc1/C=N\NC(=O)c1ccc(CN2CCOCC2)cc1. The second-order valence-electron chi connectivity index (χ2n) is 5.75. The van der Waals surface area contributed by atoms with Gasteiger partial charge in [-0.15, -0.1) is 11.3 Å². The van der Waals surface area contributed by atoms with Gasteiger partial charge in [0.2, 0.25) is 0 Å². The van der Waals surface area contributed by atoms with Crippen molar-refractivity contribution in [2.24, 2.45) is 5.10 Å². The molecule has 1 amide bonds. The molecule has 1 aromatic heterocycles. The molecule has 0 atom stereocenters. The summed E-state index contributed by atoms with van der Waals surface area (Å²) in [6.45, 7) is 6.41. The molecule has 1 N–H and O–H groups in total. The van der Waals surface area contributed by atoms with Crippen molar-refractivity contribution in [2.45, 2.75) is 13.5 Å². The van der Waals surface area contributed by atoms with Gasteiger partial charge in [-0.25, -0.2) is 5.43 Å². The number of benzene rings is 1. The van der Waals surface area contributed by atoms with E-state index in [0.717, 1.165) is 43.3 Å². The number of aryl methyl sites for hydroxylation is 1. The van der Waals surface area contributed by atoms with E-state index in [1.165, 1.54) is 5.56 Å². The van der Waals surface area contributed by atoms with Gasteiger partial charge in [-0.2, -0.15) is 5.10 Å². The third kappa shape index (κ3) is 4.50. The third-order valence-electron chi connectivity index (χ3n) is 3.98. The molecule has 5 nitrogen and oxygen atoms in total. The Labute approximate surface area is 145 Å². The summed E-state index contributed by atoms with van der Waals surface area (Å²) in [7, 11) is 0. The number of hydrogen-bond donors (Lipinski definition) is 1. The zero-order valence-corrected chi connectivity index (χ0v) is 14.5. The van der Waals surface area contributed by atoms with Gasteiger partial charge in [0.05, 0.1) is 19.4 Å². The number of hydrazone groups is 1. The van der Waals surface area contributed by atoms with Crippen LogP contribution in [0, 0.1) is 6.92 Å². The minimum Gasteiger partial charge on any atom is -0.379 e. The standard InChI is InChI=1S/C18H21N3O2S/c1-14-6-11-24-17(14)12-19-20-18(22)16-4-2-15(3-5-16)13-21-7-9-23-10-8-21/h2-6,11-12H,7-10,13H2,1H3,(H,20,22)/b19-12-. The van der Waals surface area contributed by atoms with E-state index in [0.29, 0.717) is 5.56 Å². The zero-order valence-electron chi connectivity index (χ0n) is 13.7. The Balaban J connectivity index is 1.53. The number of carbonyl (C=O) groups excluding carboxylic acids is 1. The fourth-order valence-corrected chi connectivity index (χ4v) is 3.30. The Bertz CT molecular complexity index is 703. The average molecular weight is 343 g/mol. The molecule has 1 saturated heterocycles. The van der Waals surface area contributed by atoms with Gasteiger partial charge in [0.1, 0.15) is 0 Å². The molecule has 2 heterocycles. The Morgan fingerprint density at radius 3 is 2.71 bits per heavy atom. The van der Waals surface area contributed by atoms with Gasteiger partial charge in [-0.05, 0) is 41.6 Å². The molecule has 1 aromatic carbocycles. The maximum atomic E-state index is 12.1. The van der Waals surface area contributed by atoms with E-state index in [4.69, 9.17) is 4.74 Å². The summed E-state index contributed by atoms with van der Waals surface area (Å²) in [5.41, 5.74) is 5.55. The van der Waals surface area contributed by atoms with Crippen molar-refractivity contribution in [3.8, 4) is 0 Å². The second kappa shape index (κ2) is 8.19. The van der Waals surface area contributed by atoms with Crippen LogP contribution in [0.4, 0.5) is 0 Å². The number of amides is 1. The molecule has 126 valence electrons. The number of hydrogen-bond acceptors (Lipinski definition) is 5. The van der Waals surface area contributed by atoms with Crippen molar-refractivity contribution in [2.75, 3.05) is 26.3 Å². The molecule has 3 rings (SSSR count). The van der Waals surface area contributed by atoms with Crippen molar-refractivity contribution >= 4 is 23.5 Å². The molecule has 6 heteroatoms. The molecule has 0 unspecified atom stereocenters. The summed E-state index contributed by atoms with van der Waals surface area (Å²) in [6, 6.07) is 9.71. The number of ether oxygens (including phenoxy) is 1. The third-order valence-corrected chi connectivity index (χ3v) is 4.93. The van der Waals surface area contributed by atoms with Crippen LogP contribution in [0.25, 0.3) is 0 Å². The first-order valence-corrected chi connectivity index (χ1v) is 8.87. The lowest BCUT2D eigenvalue weighted by atomic mass is 10.1. The van der Waals surface area contributed by atoms with Gasteiger partial charge in [-0.3, -0.25) is 9.69 Å². The average Bonchev–Trinajstić information content (AvgIpc) is 3.01. The highest BCUT2D eigenvalue weighted by molar-refractivity contribution is 7.11. The number of rotatable bonds is 5. The van der Waals surface area contributed by atoms with Crippen LogP contribution in [-0.4, -0.2) is 43.3 Å². The molecule has 0 radical (unpaired) electrons. The highest BCUT2D eigenvalue weighted by atomic mass is 32.1. The van der Waals surface area contributed by atoms with E-state index >= 15 is 0 Å². The monoisotopic (exact) mass is 343 g/mol. The number of nitrogens with one attached hydrogen (secondary N) is 1. The Morgan fingerprint density at radius 2 is 2.04 bits per heavy atom. The van der Waals surface area contributed by atoms with Crippen LogP contribution in [0.5, 0.6) is 0 Å². The maximum Gasteiger partial charge on any atom is 0.271 e. The van der Waals surface area contributed by atoms with Gasteiger partial charge in [0.15, 0.2) is 0 Å². The fraction of sp³-hybridized carbons (Fsp3) is 0.333. The number of morpholine rings is 1. The molecule has 1 fully saturated rings. The van der Waals surface area contributed by atoms with E-state index in [2.05, 4.69) is 15.4 Å². The Morgan fingerprint density at radius 1 is 1.29 bits per heavy atom. The van der Waals surface area contributed by atoms with E-state index in [9.17, 15) is 4.79 Å². The fourth-order valence-electron chi connectivity index (χ4n) is 2.51. The first-order valence-electron chi connectivity index (χ1n) is 7.99. The van der Waals surface area contributed by atoms with Crippen molar-refractivity contribution in [3.05, 3.63) is 57.3 Å². The summed E-state index contributed by atoms with van der Waals surface area (Å²) in [5, 5.41) is 6.04. The molecule has 1 aliphatic heterocycles. The highest BCUT2D eigenvalue weighted by Gasteiger charge is 2.11. The molecule has 2 aromatic rings. The quantitative estimate of drug-likeness (QED) is 0.671. The Hall–Kier alpha value is -2.02. The molecule has 0 aliphatic carbocycles. The first kappa shape index (κ1) is 16.8. The van der Waals surface area contributed by atoms with Crippen LogP contribution in [0.3, 0.4) is 0 Å². The van der Waals surface area contributed by atoms with Crippen LogP contribution >= 0.6 is 11.3 Å². The minimum atomic E-state index is -0.196. The van der Waals surface area contributed by atoms with Gasteiger partial charge >= 0.3 is 0 Å². The highest BCUT2D eigenvalue weighted by Crippen LogP contribution is 2.12. The van der Waals surface area contributed by atoms with E-state index in [1.807, 2.05) is 42.6 Å². The van der Waals surface area contributed by atoms with Crippen molar-refractivity contribution in [3.63, 3.8) is 0 Å². The number of nitrogens with zero attached hydrogens (tertiary/aromatic N) is 2. The molecular weight excluding hydrogens is 322 g/mol. The summed E-state index contributed by atoms with van der Waals surface area (Å²) in [6.07, 6.45) is 1.69. The van der Waals surface area contributed by atoms with Gasteiger partial charge in [0, 0.05) is 30.1 Å². The molecule has 1 aliphatic rings. The smallest absolute Gasteiger partial charge is 0.271 e. The van der Waals surface area contributed by atoms with Crippen LogP contribution in [0.1, 0.15) is 26.4 Å². The number of thiophene rings is 1. The van der Waals surface area contributed by atoms with Crippen LogP contribution in [-0.2, 0) is 11.3 Å². The topological polar surface area (TPSA) is 53.9 Å². The van der Waals surface area contributed by atoms with E-state index in [-0.39, 0.29) is 5.91 Å². The van der Waals surface area contributed by atoms with Gasteiger partial charge in [-0.1, -0.05) is 12.1 Å². The zero-order chi connectivity index (χ0) is 16.8.